The molecule has 0 unspecified atom stereocenters. The Morgan fingerprint density at radius 1 is 1.47 bits per heavy atom. The highest BCUT2D eigenvalue weighted by molar-refractivity contribution is 5.48. The minimum atomic E-state index is -0.451. The lowest BCUT2D eigenvalue weighted by atomic mass is 10.2. The van der Waals surface area contributed by atoms with Crippen LogP contribution < -0.4 is 10.1 Å². The van der Waals surface area contributed by atoms with Crippen LogP contribution in [-0.4, -0.2) is 18.6 Å². The van der Waals surface area contributed by atoms with E-state index in [2.05, 4.69) is 5.32 Å². The molecule has 0 saturated heterocycles. The van der Waals surface area contributed by atoms with E-state index in [9.17, 15) is 10.1 Å². The Bertz CT molecular complexity index is 469. The van der Waals surface area contributed by atoms with Gasteiger partial charge in [-0.1, -0.05) is 6.07 Å². The summed E-state index contributed by atoms with van der Waals surface area (Å²) in [5.41, 5.74) is 0.903. The molecule has 0 aromatic heterocycles. The quantitative estimate of drug-likeness (QED) is 0.442. The predicted octanol–water partition coefficient (Wildman–Crippen LogP) is 2.39. The highest BCUT2D eigenvalue weighted by Gasteiger charge is 2.15. The molecule has 0 saturated carbocycles. The second kappa shape index (κ2) is 8.06. The number of nitro benzene ring substituents is 1. The van der Waals surface area contributed by atoms with Gasteiger partial charge in [0.05, 0.1) is 17.6 Å². The summed E-state index contributed by atoms with van der Waals surface area (Å²) >= 11 is 0. The van der Waals surface area contributed by atoms with Gasteiger partial charge in [0.1, 0.15) is 0 Å². The second-order valence-corrected chi connectivity index (χ2v) is 4.05. The van der Waals surface area contributed by atoms with Crippen molar-refractivity contribution in [3.05, 3.63) is 33.9 Å². The zero-order chi connectivity index (χ0) is 14.1. The van der Waals surface area contributed by atoms with E-state index in [4.69, 9.17) is 10.00 Å². The number of hydrogen-bond donors (Lipinski definition) is 1. The summed E-state index contributed by atoms with van der Waals surface area (Å²) < 4.78 is 5.45. The third-order valence-electron chi connectivity index (χ3n) is 2.54. The Kier molecular flexibility index (Phi) is 6.33. The number of benzene rings is 1. The molecule has 19 heavy (non-hydrogen) atoms. The van der Waals surface area contributed by atoms with Crippen LogP contribution in [0, 0.1) is 21.4 Å². The number of nitrogens with zero attached hydrogens (tertiary/aromatic N) is 2. The Balaban J connectivity index is 2.69. The molecule has 0 aliphatic heterocycles. The Labute approximate surface area is 112 Å². The van der Waals surface area contributed by atoms with Gasteiger partial charge in [-0.2, -0.15) is 5.26 Å². The molecule has 1 aromatic carbocycles. The average Bonchev–Trinajstić information content (AvgIpc) is 2.39. The average molecular weight is 263 g/mol. The van der Waals surface area contributed by atoms with Gasteiger partial charge >= 0.3 is 5.69 Å². The van der Waals surface area contributed by atoms with E-state index >= 15 is 0 Å². The molecule has 6 heteroatoms. The lowest BCUT2D eigenvalue weighted by Crippen LogP contribution is -2.06. The van der Waals surface area contributed by atoms with E-state index in [1.165, 1.54) is 6.07 Å². The predicted molar refractivity (Wildman–Crippen MR) is 70.8 cm³/mol. The Hall–Kier alpha value is -2.13. The number of unbranched alkanes of at least 4 members (excludes halogenated alkanes) is 2. The number of rotatable bonds is 8. The van der Waals surface area contributed by atoms with Crippen molar-refractivity contribution in [3.63, 3.8) is 0 Å². The molecule has 1 N–H and O–H groups in total. The molecule has 0 bridgehead atoms. The molecule has 0 aliphatic carbocycles. The summed E-state index contributed by atoms with van der Waals surface area (Å²) in [7, 11) is 1.81. The fraction of sp³-hybridized carbons (Fsp3) is 0.462. The molecule has 0 fully saturated rings. The maximum Gasteiger partial charge on any atom is 0.310 e. The van der Waals surface area contributed by atoms with Crippen LogP contribution in [0.25, 0.3) is 0 Å². The van der Waals surface area contributed by atoms with E-state index in [0.29, 0.717) is 26.0 Å². The monoisotopic (exact) mass is 263 g/mol. The van der Waals surface area contributed by atoms with Crippen molar-refractivity contribution in [2.24, 2.45) is 0 Å². The maximum atomic E-state index is 10.9. The van der Waals surface area contributed by atoms with Crippen LogP contribution >= 0.6 is 0 Å². The molecular weight excluding hydrogens is 246 g/mol. The molecule has 1 aromatic rings. The van der Waals surface area contributed by atoms with Gasteiger partial charge in [0.25, 0.3) is 0 Å². The van der Waals surface area contributed by atoms with E-state index in [-0.39, 0.29) is 11.4 Å². The fourth-order valence-corrected chi connectivity index (χ4v) is 1.63. The number of hydrogen-bond acceptors (Lipinski definition) is 5. The molecule has 102 valence electrons. The lowest BCUT2D eigenvalue weighted by molar-refractivity contribution is -0.385. The standard InChI is InChI=1S/C13H17N3O3/c1-15-10-11-5-6-12(16(17)18)13(9-11)19-8-4-2-3-7-14/h5-6,9,15H,2-4,8,10H2,1H3. The molecular formula is C13H17N3O3. The normalized spacial score (nSPS) is 9.89. The summed E-state index contributed by atoms with van der Waals surface area (Å²) in [6.07, 6.45) is 1.92. The lowest BCUT2D eigenvalue weighted by Gasteiger charge is -2.08. The van der Waals surface area contributed by atoms with Crippen molar-refractivity contribution in [2.45, 2.75) is 25.8 Å². The third-order valence-corrected chi connectivity index (χ3v) is 2.54. The van der Waals surface area contributed by atoms with E-state index in [1.54, 1.807) is 12.1 Å². The molecule has 0 amide bonds. The highest BCUT2D eigenvalue weighted by atomic mass is 16.6. The molecule has 1 rings (SSSR count). The van der Waals surface area contributed by atoms with Gasteiger partial charge in [-0.3, -0.25) is 10.1 Å². The molecule has 0 atom stereocenters. The molecule has 0 spiro atoms. The second-order valence-electron chi connectivity index (χ2n) is 4.05. The molecule has 6 nitrogen and oxygen atoms in total. The summed E-state index contributed by atoms with van der Waals surface area (Å²) in [6.45, 7) is 1.01. The van der Waals surface area contributed by atoms with Gasteiger partial charge in [-0.05, 0) is 31.5 Å². The van der Waals surface area contributed by atoms with Crippen LogP contribution in [0.3, 0.4) is 0 Å². The minimum absolute atomic E-state index is 0.0277. The van der Waals surface area contributed by atoms with E-state index in [1.807, 2.05) is 13.1 Å². The van der Waals surface area contributed by atoms with Gasteiger partial charge in [-0.25, -0.2) is 0 Å². The summed E-state index contributed by atoms with van der Waals surface area (Å²) in [5, 5.41) is 22.3. The van der Waals surface area contributed by atoms with Crippen molar-refractivity contribution in [2.75, 3.05) is 13.7 Å². The van der Waals surface area contributed by atoms with Crippen molar-refractivity contribution >= 4 is 5.69 Å². The zero-order valence-electron chi connectivity index (χ0n) is 10.9. The van der Waals surface area contributed by atoms with E-state index < -0.39 is 4.92 Å². The summed E-state index contributed by atoms with van der Waals surface area (Å²) in [4.78, 5) is 10.4. The summed E-state index contributed by atoms with van der Waals surface area (Å²) in [6, 6.07) is 6.89. The highest BCUT2D eigenvalue weighted by Crippen LogP contribution is 2.28. The van der Waals surface area contributed by atoms with Gasteiger partial charge in [-0.15, -0.1) is 0 Å². The van der Waals surface area contributed by atoms with Crippen LogP contribution in [0.15, 0.2) is 18.2 Å². The maximum absolute atomic E-state index is 10.9. The van der Waals surface area contributed by atoms with Crippen molar-refractivity contribution in [3.8, 4) is 11.8 Å². The van der Waals surface area contributed by atoms with Crippen LogP contribution in [0.5, 0.6) is 5.75 Å². The van der Waals surface area contributed by atoms with Gasteiger partial charge in [0.2, 0.25) is 0 Å². The van der Waals surface area contributed by atoms with Crippen LogP contribution in [0.2, 0.25) is 0 Å². The topological polar surface area (TPSA) is 88.2 Å². The first-order valence-corrected chi connectivity index (χ1v) is 6.10. The van der Waals surface area contributed by atoms with Crippen LogP contribution in [0.4, 0.5) is 5.69 Å². The molecule has 0 heterocycles. The first-order chi connectivity index (χ1) is 9.19. The van der Waals surface area contributed by atoms with Gasteiger partial charge < -0.3 is 10.1 Å². The number of nitrogens with one attached hydrogen (secondary N) is 1. The molecule has 0 radical (unpaired) electrons. The van der Waals surface area contributed by atoms with Crippen LogP contribution in [-0.2, 0) is 6.54 Å². The number of nitriles is 1. The van der Waals surface area contributed by atoms with Crippen molar-refractivity contribution < 1.29 is 9.66 Å². The smallest absolute Gasteiger partial charge is 0.310 e. The largest absolute Gasteiger partial charge is 0.487 e. The van der Waals surface area contributed by atoms with Gasteiger partial charge in [0, 0.05) is 19.0 Å². The third kappa shape index (κ3) is 4.94. The van der Waals surface area contributed by atoms with Crippen molar-refractivity contribution in [1.82, 2.24) is 5.32 Å². The van der Waals surface area contributed by atoms with Crippen molar-refractivity contribution in [1.29, 1.82) is 5.26 Å². The number of nitro groups is 1. The van der Waals surface area contributed by atoms with Gasteiger partial charge in [0.15, 0.2) is 5.75 Å². The SMILES string of the molecule is CNCc1ccc([N+](=O)[O-])c(OCCCCC#N)c1. The Morgan fingerprint density at radius 3 is 2.89 bits per heavy atom. The minimum Gasteiger partial charge on any atom is -0.487 e. The first-order valence-electron chi connectivity index (χ1n) is 6.10. The molecule has 0 aliphatic rings. The first kappa shape index (κ1) is 14.9. The van der Waals surface area contributed by atoms with E-state index in [0.717, 1.165) is 12.0 Å². The Morgan fingerprint density at radius 2 is 2.26 bits per heavy atom. The number of ether oxygens (including phenoxy) is 1. The summed E-state index contributed by atoms with van der Waals surface area (Å²) in [5.74, 6) is 0.287. The fourth-order valence-electron chi connectivity index (χ4n) is 1.63. The van der Waals surface area contributed by atoms with Crippen LogP contribution in [0.1, 0.15) is 24.8 Å². The zero-order valence-corrected chi connectivity index (χ0v) is 10.9.